The van der Waals surface area contributed by atoms with Gasteiger partial charge in [0, 0.05) is 18.7 Å². The van der Waals surface area contributed by atoms with Gasteiger partial charge in [0.05, 0.1) is 5.92 Å². The van der Waals surface area contributed by atoms with E-state index >= 15 is 0 Å². The first kappa shape index (κ1) is 13.3. The van der Waals surface area contributed by atoms with Crippen LogP contribution in [0.1, 0.15) is 32.6 Å². The molecule has 0 aromatic heterocycles. The first-order valence-corrected chi connectivity index (χ1v) is 5.66. The van der Waals surface area contributed by atoms with Crippen LogP contribution in [0.3, 0.4) is 0 Å². The van der Waals surface area contributed by atoms with E-state index in [4.69, 9.17) is 0 Å². The number of alkyl halides is 3. The van der Waals surface area contributed by atoms with E-state index in [1.807, 2.05) is 0 Å². The summed E-state index contributed by atoms with van der Waals surface area (Å²) in [4.78, 5) is 4.00. The van der Waals surface area contributed by atoms with Gasteiger partial charge in [0.15, 0.2) is 0 Å². The summed E-state index contributed by atoms with van der Waals surface area (Å²) < 4.78 is 38.5. The van der Waals surface area contributed by atoms with Gasteiger partial charge in [-0.15, -0.1) is 0 Å². The highest BCUT2D eigenvalue weighted by Crippen LogP contribution is 2.42. The van der Waals surface area contributed by atoms with Crippen molar-refractivity contribution >= 4 is 5.71 Å². The molecule has 0 aromatic carbocycles. The van der Waals surface area contributed by atoms with Crippen molar-refractivity contribution < 1.29 is 13.2 Å². The van der Waals surface area contributed by atoms with Crippen LogP contribution in [-0.4, -0.2) is 18.9 Å². The van der Waals surface area contributed by atoms with Crippen LogP contribution in [0.2, 0.25) is 0 Å². The Morgan fingerprint density at radius 2 is 1.88 bits per heavy atom. The second kappa shape index (κ2) is 5.51. The predicted molar refractivity (Wildman–Crippen MR) is 59.7 cm³/mol. The average molecular weight is 233 g/mol. The fourth-order valence-corrected chi connectivity index (χ4v) is 2.41. The van der Waals surface area contributed by atoms with Crippen LogP contribution in [-0.2, 0) is 0 Å². The van der Waals surface area contributed by atoms with Crippen molar-refractivity contribution in [3.8, 4) is 0 Å². The summed E-state index contributed by atoms with van der Waals surface area (Å²) in [6, 6.07) is 0. The number of hydrogen-bond donors (Lipinski definition) is 0. The fourth-order valence-electron chi connectivity index (χ4n) is 2.41. The van der Waals surface area contributed by atoms with Crippen molar-refractivity contribution in [3.63, 3.8) is 0 Å². The molecule has 1 nitrogen and oxygen atoms in total. The zero-order valence-corrected chi connectivity index (χ0v) is 9.72. The quantitative estimate of drug-likeness (QED) is 0.639. The van der Waals surface area contributed by atoms with Gasteiger partial charge in [0.1, 0.15) is 0 Å². The van der Waals surface area contributed by atoms with Gasteiger partial charge >= 0.3 is 6.18 Å². The molecule has 2 atom stereocenters. The van der Waals surface area contributed by atoms with E-state index in [1.165, 1.54) is 0 Å². The first-order chi connectivity index (χ1) is 7.50. The average Bonchev–Trinajstić information content (AvgIpc) is 2.25. The van der Waals surface area contributed by atoms with E-state index in [2.05, 4.69) is 4.99 Å². The van der Waals surface area contributed by atoms with Crippen molar-refractivity contribution in [2.45, 2.75) is 38.8 Å². The largest absolute Gasteiger partial charge is 0.392 e. The van der Waals surface area contributed by atoms with Crippen LogP contribution in [0.5, 0.6) is 0 Å². The molecule has 1 aliphatic rings. The molecule has 4 heteroatoms. The molecule has 1 fully saturated rings. The van der Waals surface area contributed by atoms with E-state index in [-0.39, 0.29) is 6.42 Å². The third-order valence-electron chi connectivity index (χ3n) is 3.16. The van der Waals surface area contributed by atoms with E-state index in [9.17, 15) is 13.2 Å². The molecule has 1 rings (SSSR count). The standard InChI is InChI=1S/C12H18F3N/c1-3-6-11(16-2)9-7-4-5-8-10(9)12(13,14)15/h3,6,9-10H,4-5,7-8H2,1-2H3/b6-3-,16-11?. The van der Waals surface area contributed by atoms with Gasteiger partial charge < -0.3 is 0 Å². The minimum absolute atomic E-state index is 0.241. The minimum atomic E-state index is -4.09. The molecule has 92 valence electrons. The number of nitrogens with zero attached hydrogens (tertiary/aromatic N) is 1. The molecule has 1 aliphatic carbocycles. The highest BCUT2D eigenvalue weighted by atomic mass is 19.4. The molecule has 0 aromatic rings. The molecule has 0 amide bonds. The summed E-state index contributed by atoms with van der Waals surface area (Å²) in [6.45, 7) is 1.80. The zero-order valence-electron chi connectivity index (χ0n) is 9.72. The Labute approximate surface area is 94.5 Å². The maximum atomic E-state index is 12.8. The van der Waals surface area contributed by atoms with Gasteiger partial charge in [0.2, 0.25) is 0 Å². The normalized spacial score (nSPS) is 28.7. The van der Waals surface area contributed by atoms with Gasteiger partial charge in [-0.1, -0.05) is 18.9 Å². The zero-order chi connectivity index (χ0) is 12.2. The molecular weight excluding hydrogens is 215 g/mol. The van der Waals surface area contributed by atoms with E-state index in [0.717, 1.165) is 6.42 Å². The van der Waals surface area contributed by atoms with Crippen LogP contribution in [0.25, 0.3) is 0 Å². The Morgan fingerprint density at radius 1 is 1.25 bits per heavy atom. The number of aliphatic imine (C=N–C) groups is 1. The fraction of sp³-hybridized carbons (Fsp3) is 0.750. The van der Waals surface area contributed by atoms with Crippen LogP contribution in [0.4, 0.5) is 13.2 Å². The lowest BCUT2D eigenvalue weighted by Crippen LogP contribution is -2.36. The summed E-state index contributed by atoms with van der Waals surface area (Å²) in [6.07, 6.45) is 1.75. The Hall–Kier alpha value is -0.800. The molecule has 0 bridgehead atoms. The molecule has 0 aliphatic heterocycles. The monoisotopic (exact) mass is 233 g/mol. The molecule has 0 spiro atoms. The first-order valence-electron chi connectivity index (χ1n) is 5.66. The Kier molecular flexibility index (Phi) is 4.56. The second-order valence-corrected chi connectivity index (χ2v) is 4.19. The Morgan fingerprint density at radius 3 is 2.38 bits per heavy atom. The lowest BCUT2D eigenvalue weighted by molar-refractivity contribution is -0.189. The minimum Gasteiger partial charge on any atom is -0.293 e. The number of halogens is 3. The Bertz CT molecular complexity index is 278. The summed E-state index contributed by atoms with van der Waals surface area (Å²) >= 11 is 0. The summed E-state index contributed by atoms with van der Waals surface area (Å²) in [5.74, 6) is -1.66. The molecule has 16 heavy (non-hydrogen) atoms. The van der Waals surface area contributed by atoms with Crippen molar-refractivity contribution in [3.05, 3.63) is 12.2 Å². The lowest BCUT2D eigenvalue weighted by atomic mass is 9.76. The molecule has 0 heterocycles. The van der Waals surface area contributed by atoms with Gasteiger partial charge in [-0.3, -0.25) is 4.99 Å². The third-order valence-corrected chi connectivity index (χ3v) is 3.16. The third kappa shape index (κ3) is 3.09. The van der Waals surface area contributed by atoms with E-state index < -0.39 is 18.0 Å². The van der Waals surface area contributed by atoms with Crippen molar-refractivity contribution in [2.24, 2.45) is 16.8 Å². The number of rotatable bonds is 2. The SMILES string of the molecule is C/C=C\C(=NC)C1CCCCC1C(F)(F)F. The van der Waals surface area contributed by atoms with E-state index in [0.29, 0.717) is 18.6 Å². The highest BCUT2D eigenvalue weighted by molar-refractivity contribution is 5.97. The maximum absolute atomic E-state index is 12.8. The van der Waals surface area contributed by atoms with Gasteiger partial charge in [-0.2, -0.15) is 13.2 Å². The summed E-state index contributed by atoms with van der Waals surface area (Å²) in [7, 11) is 1.57. The van der Waals surface area contributed by atoms with Crippen molar-refractivity contribution in [2.75, 3.05) is 7.05 Å². The summed E-state index contributed by atoms with van der Waals surface area (Å²) in [5, 5.41) is 0. The molecule has 0 radical (unpaired) electrons. The Balaban J connectivity index is 2.89. The van der Waals surface area contributed by atoms with Gasteiger partial charge in [0.25, 0.3) is 0 Å². The van der Waals surface area contributed by atoms with Gasteiger partial charge in [-0.25, -0.2) is 0 Å². The molecule has 0 N–H and O–H groups in total. The highest BCUT2D eigenvalue weighted by Gasteiger charge is 2.46. The summed E-state index contributed by atoms with van der Waals surface area (Å²) in [5.41, 5.74) is 0.588. The molecule has 1 saturated carbocycles. The number of hydrogen-bond acceptors (Lipinski definition) is 1. The van der Waals surface area contributed by atoms with E-state index in [1.54, 1.807) is 26.1 Å². The smallest absolute Gasteiger partial charge is 0.293 e. The van der Waals surface area contributed by atoms with Crippen LogP contribution in [0, 0.1) is 11.8 Å². The maximum Gasteiger partial charge on any atom is 0.392 e. The van der Waals surface area contributed by atoms with Crippen LogP contribution in [0.15, 0.2) is 17.1 Å². The van der Waals surface area contributed by atoms with Crippen LogP contribution < -0.4 is 0 Å². The topological polar surface area (TPSA) is 12.4 Å². The molecule has 2 unspecified atom stereocenters. The predicted octanol–water partition coefficient (Wildman–Crippen LogP) is 4.00. The van der Waals surface area contributed by atoms with Crippen LogP contribution >= 0.6 is 0 Å². The van der Waals surface area contributed by atoms with Crippen molar-refractivity contribution in [1.82, 2.24) is 0 Å². The molecular formula is C12H18F3N. The van der Waals surface area contributed by atoms with Crippen molar-refractivity contribution in [1.29, 1.82) is 0 Å². The lowest BCUT2D eigenvalue weighted by Gasteiger charge is -2.33. The second-order valence-electron chi connectivity index (χ2n) is 4.19. The molecule has 0 saturated heterocycles. The van der Waals surface area contributed by atoms with Gasteiger partial charge in [-0.05, 0) is 25.8 Å². The number of allylic oxidation sites excluding steroid dienone is 2.